The third-order valence-electron chi connectivity index (χ3n) is 2.61. The van der Waals surface area contributed by atoms with Crippen LogP contribution in [0.4, 0.5) is 0 Å². The van der Waals surface area contributed by atoms with Crippen LogP contribution in [-0.4, -0.2) is 5.78 Å². The monoisotopic (exact) mass is 178 g/mol. The van der Waals surface area contributed by atoms with Gasteiger partial charge >= 0.3 is 0 Å². The van der Waals surface area contributed by atoms with E-state index in [9.17, 15) is 4.79 Å². The van der Waals surface area contributed by atoms with Crippen LogP contribution in [-0.2, 0) is 4.79 Å². The normalized spacial score (nSPS) is 21.3. The summed E-state index contributed by atoms with van der Waals surface area (Å²) in [5.74, 6) is 0.675. The van der Waals surface area contributed by atoms with Gasteiger partial charge in [-0.05, 0) is 24.8 Å². The number of rotatable bonds is 5. The maximum atomic E-state index is 11.7. The first-order valence-corrected chi connectivity index (χ1v) is 5.15. The highest BCUT2D eigenvalue weighted by Crippen LogP contribution is 2.28. The molecule has 0 fully saturated rings. The molecule has 0 saturated carbocycles. The minimum atomic E-state index is 0.337. The van der Waals surface area contributed by atoms with Crippen LogP contribution in [0.3, 0.4) is 0 Å². The molecule has 1 unspecified atom stereocenters. The third kappa shape index (κ3) is 2.55. The maximum Gasteiger partial charge on any atom is 0.159 e. The number of allylic oxidation sites excluding steroid dienone is 3. The lowest BCUT2D eigenvalue weighted by atomic mass is 9.96. The van der Waals surface area contributed by atoms with Crippen LogP contribution in [0.15, 0.2) is 24.3 Å². The van der Waals surface area contributed by atoms with Gasteiger partial charge in [-0.3, -0.25) is 4.79 Å². The van der Waals surface area contributed by atoms with Gasteiger partial charge in [0.05, 0.1) is 0 Å². The van der Waals surface area contributed by atoms with Crippen molar-refractivity contribution >= 4 is 5.78 Å². The summed E-state index contributed by atoms with van der Waals surface area (Å²) in [4.78, 5) is 11.7. The summed E-state index contributed by atoms with van der Waals surface area (Å²) < 4.78 is 0. The molecule has 0 radical (unpaired) electrons. The standard InChI is InChI=1S/C12H18O/c1-3-5-9-12(13)11-8-6-7-10(11)4-2/h4,8,10H,2-3,5-7,9H2,1H3. The molecule has 1 aliphatic carbocycles. The Bertz CT molecular complexity index is 225. The Kier molecular flexibility index (Phi) is 3.94. The van der Waals surface area contributed by atoms with Gasteiger partial charge in [0.2, 0.25) is 0 Å². The number of carbonyl (C=O) groups excluding carboxylic acids is 1. The highest BCUT2D eigenvalue weighted by atomic mass is 16.1. The molecule has 1 aliphatic rings. The van der Waals surface area contributed by atoms with E-state index in [4.69, 9.17) is 0 Å². The molecule has 0 aliphatic heterocycles. The molecule has 0 N–H and O–H groups in total. The van der Waals surface area contributed by atoms with Crippen LogP contribution in [0.25, 0.3) is 0 Å². The largest absolute Gasteiger partial charge is 0.295 e. The molecule has 1 rings (SSSR count). The van der Waals surface area contributed by atoms with Gasteiger partial charge in [0, 0.05) is 12.3 Å². The fourth-order valence-electron chi connectivity index (χ4n) is 1.77. The van der Waals surface area contributed by atoms with Crippen molar-refractivity contribution in [2.45, 2.75) is 39.0 Å². The second-order valence-corrected chi connectivity index (χ2v) is 3.61. The summed E-state index contributed by atoms with van der Waals surface area (Å²) in [5, 5.41) is 0. The predicted octanol–water partition coefficient (Wildman–Crippen LogP) is 3.27. The number of ketones is 1. The van der Waals surface area contributed by atoms with Crippen molar-refractivity contribution in [3.8, 4) is 0 Å². The highest BCUT2D eigenvalue weighted by Gasteiger charge is 2.21. The van der Waals surface area contributed by atoms with E-state index < -0.39 is 0 Å². The second-order valence-electron chi connectivity index (χ2n) is 3.61. The summed E-state index contributed by atoms with van der Waals surface area (Å²) >= 11 is 0. The average Bonchev–Trinajstić information content (AvgIpc) is 2.61. The Morgan fingerprint density at radius 3 is 3.15 bits per heavy atom. The number of carbonyl (C=O) groups is 1. The maximum absolute atomic E-state index is 11.7. The lowest BCUT2D eigenvalue weighted by molar-refractivity contribution is -0.116. The van der Waals surface area contributed by atoms with Gasteiger partial charge in [-0.2, -0.15) is 0 Å². The van der Waals surface area contributed by atoms with Crippen LogP contribution in [0.5, 0.6) is 0 Å². The van der Waals surface area contributed by atoms with Crippen molar-refractivity contribution in [3.63, 3.8) is 0 Å². The zero-order valence-electron chi connectivity index (χ0n) is 8.38. The van der Waals surface area contributed by atoms with Crippen molar-refractivity contribution in [1.29, 1.82) is 0 Å². The molecule has 0 heterocycles. The van der Waals surface area contributed by atoms with Gasteiger partial charge < -0.3 is 0 Å². The van der Waals surface area contributed by atoms with Gasteiger partial charge in [0.15, 0.2) is 5.78 Å². The van der Waals surface area contributed by atoms with Crippen LogP contribution in [0.1, 0.15) is 39.0 Å². The van der Waals surface area contributed by atoms with Gasteiger partial charge in [0.25, 0.3) is 0 Å². The third-order valence-corrected chi connectivity index (χ3v) is 2.61. The number of hydrogen-bond donors (Lipinski definition) is 0. The zero-order valence-corrected chi connectivity index (χ0v) is 8.38. The van der Waals surface area contributed by atoms with Crippen LogP contribution in [0.2, 0.25) is 0 Å². The summed E-state index contributed by atoms with van der Waals surface area (Å²) in [6.45, 7) is 5.87. The highest BCUT2D eigenvalue weighted by molar-refractivity contribution is 5.96. The fraction of sp³-hybridized carbons (Fsp3) is 0.583. The molecule has 1 heteroatoms. The van der Waals surface area contributed by atoms with E-state index in [1.165, 1.54) is 0 Å². The summed E-state index contributed by atoms with van der Waals surface area (Å²) in [7, 11) is 0. The first-order chi connectivity index (χ1) is 6.29. The molecule has 0 aromatic carbocycles. The Morgan fingerprint density at radius 2 is 2.54 bits per heavy atom. The second kappa shape index (κ2) is 5.00. The summed E-state index contributed by atoms with van der Waals surface area (Å²) in [6, 6.07) is 0. The number of hydrogen-bond acceptors (Lipinski definition) is 1. The molecule has 1 atom stereocenters. The molecule has 1 nitrogen and oxygen atoms in total. The van der Waals surface area contributed by atoms with E-state index in [1.807, 2.05) is 6.08 Å². The SMILES string of the molecule is C=CC1CCC=C1C(=O)CCCC. The quantitative estimate of drug-likeness (QED) is 0.590. The van der Waals surface area contributed by atoms with E-state index in [0.717, 1.165) is 31.3 Å². The zero-order chi connectivity index (χ0) is 9.68. The molecule has 0 bridgehead atoms. The predicted molar refractivity (Wildman–Crippen MR) is 55.5 cm³/mol. The van der Waals surface area contributed by atoms with E-state index in [0.29, 0.717) is 18.1 Å². The Labute approximate surface area is 80.5 Å². The van der Waals surface area contributed by atoms with E-state index in [2.05, 4.69) is 19.6 Å². The van der Waals surface area contributed by atoms with Gasteiger partial charge in [-0.25, -0.2) is 0 Å². The molecule has 0 spiro atoms. The minimum absolute atomic E-state index is 0.337. The Balaban J connectivity index is 2.50. The van der Waals surface area contributed by atoms with Crippen molar-refractivity contribution < 1.29 is 4.79 Å². The molecule has 72 valence electrons. The topological polar surface area (TPSA) is 17.1 Å². The van der Waals surface area contributed by atoms with Crippen LogP contribution < -0.4 is 0 Å². The summed E-state index contributed by atoms with van der Waals surface area (Å²) in [6.07, 6.45) is 8.94. The molecule has 0 aromatic rings. The Hall–Kier alpha value is -0.850. The van der Waals surface area contributed by atoms with Gasteiger partial charge in [-0.15, -0.1) is 6.58 Å². The van der Waals surface area contributed by atoms with Crippen LogP contribution in [0, 0.1) is 5.92 Å². The van der Waals surface area contributed by atoms with Crippen molar-refractivity contribution in [1.82, 2.24) is 0 Å². The first-order valence-electron chi connectivity index (χ1n) is 5.15. The van der Waals surface area contributed by atoms with E-state index in [-0.39, 0.29) is 0 Å². The molecule has 0 saturated heterocycles. The fourth-order valence-corrected chi connectivity index (χ4v) is 1.77. The first kappa shape index (κ1) is 10.2. The molecular formula is C12H18O. The van der Waals surface area contributed by atoms with Gasteiger partial charge in [-0.1, -0.05) is 25.5 Å². The Morgan fingerprint density at radius 1 is 1.77 bits per heavy atom. The summed E-state index contributed by atoms with van der Waals surface area (Å²) in [5.41, 5.74) is 1.02. The van der Waals surface area contributed by atoms with Crippen molar-refractivity contribution in [2.24, 2.45) is 5.92 Å². The number of Topliss-reactive ketones (excluding diaryl/α,β-unsaturated/α-hetero) is 1. The van der Waals surface area contributed by atoms with Crippen molar-refractivity contribution in [2.75, 3.05) is 0 Å². The molecule has 0 aromatic heterocycles. The minimum Gasteiger partial charge on any atom is -0.295 e. The van der Waals surface area contributed by atoms with Gasteiger partial charge in [0.1, 0.15) is 0 Å². The van der Waals surface area contributed by atoms with E-state index in [1.54, 1.807) is 0 Å². The van der Waals surface area contributed by atoms with E-state index >= 15 is 0 Å². The smallest absolute Gasteiger partial charge is 0.159 e. The molecule has 13 heavy (non-hydrogen) atoms. The van der Waals surface area contributed by atoms with Crippen molar-refractivity contribution in [3.05, 3.63) is 24.3 Å². The average molecular weight is 178 g/mol. The number of unbranched alkanes of at least 4 members (excludes halogenated alkanes) is 1. The molecular weight excluding hydrogens is 160 g/mol. The molecule has 0 amide bonds. The van der Waals surface area contributed by atoms with Crippen LogP contribution >= 0.6 is 0 Å². The lowest BCUT2D eigenvalue weighted by Crippen LogP contribution is -2.07. The lowest BCUT2D eigenvalue weighted by Gasteiger charge is -2.08.